The molecular weight excluding hydrogens is 250 g/mol. The van der Waals surface area contributed by atoms with Crippen molar-refractivity contribution in [2.45, 2.75) is 51.1 Å². The molecule has 4 heteroatoms. The van der Waals surface area contributed by atoms with Gasteiger partial charge in [0.25, 0.3) is 5.91 Å². The van der Waals surface area contributed by atoms with Crippen LogP contribution in [0.3, 0.4) is 0 Å². The first-order valence-corrected chi connectivity index (χ1v) is 7.59. The van der Waals surface area contributed by atoms with Gasteiger partial charge in [-0.2, -0.15) is 0 Å². The summed E-state index contributed by atoms with van der Waals surface area (Å²) < 4.78 is 0. The molecule has 0 radical (unpaired) electrons. The fourth-order valence-corrected chi connectivity index (χ4v) is 3.21. The third kappa shape index (κ3) is 3.38. The Morgan fingerprint density at radius 3 is 2.80 bits per heavy atom. The lowest BCUT2D eigenvalue weighted by Crippen LogP contribution is -2.49. The maximum absolute atomic E-state index is 12.3. The lowest BCUT2D eigenvalue weighted by atomic mass is 9.93. The first kappa shape index (κ1) is 15.0. The summed E-state index contributed by atoms with van der Waals surface area (Å²) in [6.45, 7) is 3.17. The number of carbonyl (C=O) groups excluding carboxylic acids is 1. The van der Waals surface area contributed by atoms with Gasteiger partial charge < -0.3 is 0 Å². The molecule has 0 bridgehead atoms. The molecule has 0 aromatic heterocycles. The van der Waals surface area contributed by atoms with Gasteiger partial charge >= 0.3 is 0 Å². The second-order valence-corrected chi connectivity index (χ2v) is 5.50. The molecule has 0 saturated carbocycles. The van der Waals surface area contributed by atoms with Gasteiger partial charge in [-0.25, -0.2) is 5.84 Å². The van der Waals surface area contributed by atoms with E-state index in [4.69, 9.17) is 5.84 Å². The fraction of sp³-hybridized carbons (Fsp3) is 0.562. The van der Waals surface area contributed by atoms with E-state index in [1.54, 1.807) is 0 Å². The normalized spacial score (nSPS) is 21.4. The van der Waals surface area contributed by atoms with Gasteiger partial charge in [0.05, 0.1) is 0 Å². The van der Waals surface area contributed by atoms with E-state index in [2.05, 4.69) is 17.2 Å². The number of piperidine rings is 1. The zero-order chi connectivity index (χ0) is 14.4. The van der Waals surface area contributed by atoms with Gasteiger partial charge in [-0.15, -0.1) is 0 Å². The summed E-state index contributed by atoms with van der Waals surface area (Å²) in [5.74, 6) is 5.30. The number of nitrogens with one attached hydrogen (secondary N) is 1. The Balaban J connectivity index is 2.27. The minimum atomic E-state index is -0.266. The highest BCUT2D eigenvalue weighted by molar-refractivity contribution is 5.82. The molecule has 1 aliphatic heterocycles. The van der Waals surface area contributed by atoms with Crippen molar-refractivity contribution in [3.05, 3.63) is 35.9 Å². The Labute approximate surface area is 121 Å². The molecule has 1 saturated heterocycles. The van der Waals surface area contributed by atoms with Crippen molar-refractivity contribution < 1.29 is 4.79 Å². The number of hydrogen-bond acceptors (Lipinski definition) is 3. The molecule has 3 N–H and O–H groups in total. The van der Waals surface area contributed by atoms with Crippen LogP contribution < -0.4 is 11.3 Å². The molecule has 1 aliphatic rings. The first-order chi connectivity index (χ1) is 9.77. The number of carbonyl (C=O) groups is 1. The summed E-state index contributed by atoms with van der Waals surface area (Å²) in [6, 6.07) is 10.2. The number of nitrogens with two attached hydrogens (primary N) is 1. The summed E-state index contributed by atoms with van der Waals surface area (Å²) in [6.07, 6.45) is 5.87. The van der Waals surface area contributed by atoms with Crippen molar-refractivity contribution in [2.24, 2.45) is 5.84 Å². The lowest BCUT2D eigenvalue weighted by Gasteiger charge is -2.40. The van der Waals surface area contributed by atoms with Gasteiger partial charge in [0.2, 0.25) is 0 Å². The molecule has 1 aromatic carbocycles. The van der Waals surface area contributed by atoms with Gasteiger partial charge in [-0.1, -0.05) is 50.1 Å². The molecule has 4 nitrogen and oxygen atoms in total. The SMILES string of the molecule is CCCC1CCCCN1C(C(=O)NN)c1ccccc1. The van der Waals surface area contributed by atoms with E-state index in [1.165, 1.54) is 12.8 Å². The van der Waals surface area contributed by atoms with E-state index in [9.17, 15) is 4.79 Å². The molecule has 110 valence electrons. The number of benzene rings is 1. The number of hydrogen-bond donors (Lipinski definition) is 2. The van der Waals surface area contributed by atoms with Crippen molar-refractivity contribution >= 4 is 5.91 Å². The third-order valence-corrected chi connectivity index (χ3v) is 4.13. The minimum Gasteiger partial charge on any atom is -0.293 e. The molecule has 1 heterocycles. The summed E-state index contributed by atoms with van der Waals surface area (Å²) in [4.78, 5) is 14.6. The molecule has 1 amide bonds. The zero-order valence-corrected chi connectivity index (χ0v) is 12.2. The van der Waals surface area contributed by atoms with Crippen LogP contribution in [0.15, 0.2) is 30.3 Å². The van der Waals surface area contributed by atoms with Gasteiger partial charge in [-0.3, -0.25) is 15.1 Å². The molecular formula is C16H25N3O. The average Bonchev–Trinajstić information content (AvgIpc) is 2.50. The molecule has 0 aliphatic carbocycles. The van der Waals surface area contributed by atoms with Crippen LogP contribution in [0.25, 0.3) is 0 Å². The van der Waals surface area contributed by atoms with E-state index in [-0.39, 0.29) is 11.9 Å². The maximum atomic E-state index is 12.3. The summed E-state index contributed by atoms with van der Waals surface area (Å²) in [5.41, 5.74) is 3.37. The Kier molecular flexibility index (Phi) is 5.56. The van der Waals surface area contributed by atoms with Crippen molar-refractivity contribution in [1.29, 1.82) is 0 Å². The Morgan fingerprint density at radius 1 is 1.40 bits per heavy atom. The third-order valence-electron chi connectivity index (χ3n) is 4.13. The Hall–Kier alpha value is -1.39. The zero-order valence-electron chi connectivity index (χ0n) is 12.2. The number of amides is 1. The van der Waals surface area contributed by atoms with Crippen LogP contribution in [0.1, 0.15) is 50.6 Å². The van der Waals surface area contributed by atoms with Crippen LogP contribution in [-0.2, 0) is 4.79 Å². The summed E-state index contributed by atoms with van der Waals surface area (Å²) in [7, 11) is 0. The number of rotatable bonds is 5. The van der Waals surface area contributed by atoms with Crippen molar-refractivity contribution in [3.63, 3.8) is 0 Å². The van der Waals surface area contributed by atoms with Gasteiger partial charge in [0, 0.05) is 6.04 Å². The van der Waals surface area contributed by atoms with Crippen molar-refractivity contribution in [3.8, 4) is 0 Å². The van der Waals surface area contributed by atoms with Crippen molar-refractivity contribution in [1.82, 2.24) is 10.3 Å². The second kappa shape index (κ2) is 7.41. The Bertz CT molecular complexity index is 419. The fourth-order valence-electron chi connectivity index (χ4n) is 3.21. The molecule has 2 atom stereocenters. The van der Waals surface area contributed by atoms with Crippen LogP contribution >= 0.6 is 0 Å². The predicted octanol–water partition coefficient (Wildman–Crippen LogP) is 2.37. The molecule has 20 heavy (non-hydrogen) atoms. The molecule has 0 spiro atoms. The molecule has 2 unspecified atom stereocenters. The molecule has 2 rings (SSSR count). The van der Waals surface area contributed by atoms with Gasteiger partial charge in [0.15, 0.2) is 0 Å². The topological polar surface area (TPSA) is 58.4 Å². The smallest absolute Gasteiger partial charge is 0.255 e. The Morgan fingerprint density at radius 2 is 2.15 bits per heavy atom. The van der Waals surface area contributed by atoms with Crippen LogP contribution in [-0.4, -0.2) is 23.4 Å². The predicted molar refractivity (Wildman–Crippen MR) is 80.8 cm³/mol. The van der Waals surface area contributed by atoms with Crippen LogP contribution in [0, 0.1) is 0 Å². The number of nitrogens with zero attached hydrogens (tertiary/aromatic N) is 1. The number of likely N-dealkylation sites (tertiary alicyclic amines) is 1. The quantitative estimate of drug-likeness (QED) is 0.493. The average molecular weight is 275 g/mol. The monoisotopic (exact) mass is 275 g/mol. The summed E-state index contributed by atoms with van der Waals surface area (Å²) >= 11 is 0. The lowest BCUT2D eigenvalue weighted by molar-refractivity contribution is -0.128. The largest absolute Gasteiger partial charge is 0.293 e. The molecule has 1 aromatic rings. The summed E-state index contributed by atoms with van der Waals surface area (Å²) in [5, 5.41) is 0. The minimum absolute atomic E-state index is 0.112. The maximum Gasteiger partial charge on any atom is 0.255 e. The van der Waals surface area contributed by atoms with Crippen LogP contribution in [0.4, 0.5) is 0 Å². The van der Waals surface area contributed by atoms with E-state index < -0.39 is 0 Å². The standard InChI is InChI=1S/C16H25N3O/c1-2-8-14-11-6-7-12-19(14)15(16(20)18-17)13-9-4-3-5-10-13/h3-5,9-10,14-15H,2,6-8,11-12,17H2,1H3,(H,18,20). The van der Waals surface area contributed by atoms with E-state index in [0.717, 1.165) is 31.4 Å². The van der Waals surface area contributed by atoms with Crippen LogP contribution in [0.5, 0.6) is 0 Å². The van der Waals surface area contributed by atoms with Crippen molar-refractivity contribution in [2.75, 3.05) is 6.54 Å². The van der Waals surface area contributed by atoms with Crippen LogP contribution in [0.2, 0.25) is 0 Å². The highest BCUT2D eigenvalue weighted by Crippen LogP contribution is 2.30. The van der Waals surface area contributed by atoms with Gasteiger partial charge in [-0.05, 0) is 31.4 Å². The second-order valence-electron chi connectivity index (χ2n) is 5.50. The van der Waals surface area contributed by atoms with E-state index in [1.807, 2.05) is 30.3 Å². The first-order valence-electron chi connectivity index (χ1n) is 7.59. The highest BCUT2D eigenvalue weighted by atomic mass is 16.2. The molecule has 1 fully saturated rings. The highest BCUT2D eigenvalue weighted by Gasteiger charge is 2.33. The number of hydrazine groups is 1. The van der Waals surface area contributed by atoms with E-state index in [0.29, 0.717) is 6.04 Å². The van der Waals surface area contributed by atoms with Gasteiger partial charge in [0.1, 0.15) is 6.04 Å². The van der Waals surface area contributed by atoms with E-state index >= 15 is 0 Å².